The van der Waals surface area contributed by atoms with Crippen LogP contribution in [0, 0.1) is 13.8 Å². The maximum atomic E-state index is 12.7. The van der Waals surface area contributed by atoms with Crippen molar-refractivity contribution in [3.63, 3.8) is 0 Å². The van der Waals surface area contributed by atoms with Crippen LogP contribution in [0.15, 0.2) is 17.0 Å². The van der Waals surface area contributed by atoms with Gasteiger partial charge in [-0.1, -0.05) is 6.07 Å². The van der Waals surface area contributed by atoms with Gasteiger partial charge in [0, 0.05) is 41.9 Å². The summed E-state index contributed by atoms with van der Waals surface area (Å²) in [4.78, 5) is 0.316. The molecule has 20 heavy (non-hydrogen) atoms. The van der Waals surface area contributed by atoms with Gasteiger partial charge in [0.05, 0.1) is 4.90 Å². The van der Waals surface area contributed by atoms with E-state index in [0.717, 1.165) is 16.7 Å². The molecule has 0 bridgehead atoms. The summed E-state index contributed by atoms with van der Waals surface area (Å²) in [5.74, 6) is 0.821. The van der Waals surface area contributed by atoms with Gasteiger partial charge in [0.1, 0.15) is 0 Å². The van der Waals surface area contributed by atoms with Gasteiger partial charge in [-0.25, -0.2) is 8.42 Å². The van der Waals surface area contributed by atoms with E-state index < -0.39 is 20.8 Å². The Morgan fingerprint density at radius 3 is 2.35 bits per heavy atom. The van der Waals surface area contributed by atoms with Gasteiger partial charge in [-0.3, -0.25) is 4.21 Å². The second-order valence-corrected chi connectivity index (χ2v) is 8.60. The van der Waals surface area contributed by atoms with Crippen LogP contribution in [-0.2, 0) is 27.4 Å². The molecular weight excluding hydrogens is 296 g/mol. The fraction of sp³-hybridized carbons (Fsp3) is 0.538. The highest BCUT2D eigenvalue weighted by molar-refractivity contribution is 7.89. The molecule has 0 amide bonds. The molecular formula is C13H20N2O3S2. The van der Waals surface area contributed by atoms with Crippen molar-refractivity contribution in [3.05, 3.63) is 28.8 Å². The summed E-state index contributed by atoms with van der Waals surface area (Å²) in [5.41, 5.74) is 8.23. The minimum atomic E-state index is -3.52. The molecule has 2 N–H and O–H groups in total. The number of aryl methyl sites for hydroxylation is 2. The Morgan fingerprint density at radius 2 is 1.80 bits per heavy atom. The van der Waals surface area contributed by atoms with Gasteiger partial charge in [0.2, 0.25) is 10.0 Å². The third kappa shape index (κ3) is 2.95. The van der Waals surface area contributed by atoms with Gasteiger partial charge in [-0.05, 0) is 36.6 Å². The summed E-state index contributed by atoms with van der Waals surface area (Å²) < 4.78 is 38.1. The number of nitrogens with two attached hydrogens (primary N) is 1. The molecule has 0 unspecified atom stereocenters. The molecule has 0 saturated carbocycles. The van der Waals surface area contributed by atoms with Crippen molar-refractivity contribution in [3.8, 4) is 0 Å². The quantitative estimate of drug-likeness (QED) is 0.881. The predicted octanol–water partition coefficient (Wildman–Crippen LogP) is 0.515. The van der Waals surface area contributed by atoms with E-state index >= 15 is 0 Å². The molecule has 1 heterocycles. The zero-order valence-corrected chi connectivity index (χ0v) is 13.4. The molecule has 5 nitrogen and oxygen atoms in total. The van der Waals surface area contributed by atoms with Crippen LogP contribution in [0.2, 0.25) is 0 Å². The number of hydrogen-bond acceptors (Lipinski definition) is 4. The molecule has 7 heteroatoms. The zero-order valence-electron chi connectivity index (χ0n) is 11.8. The standard InChI is InChI=1S/C13H20N2O3S2/c1-10-7-11(2)13(8-12(10)9-14)20(17,18)15-3-5-19(16)6-4-15/h7-8H,3-6,9,14H2,1-2H3. The van der Waals surface area contributed by atoms with E-state index in [2.05, 4.69) is 0 Å². The van der Waals surface area contributed by atoms with Crippen LogP contribution in [0.25, 0.3) is 0 Å². The van der Waals surface area contributed by atoms with E-state index in [1.807, 2.05) is 13.0 Å². The van der Waals surface area contributed by atoms with E-state index in [1.165, 1.54) is 4.31 Å². The summed E-state index contributed by atoms with van der Waals surface area (Å²) in [7, 11) is -4.42. The van der Waals surface area contributed by atoms with Gasteiger partial charge >= 0.3 is 0 Å². The number of benzene rings is 1. The van der Waals surface area contributed by atoms with Crippen LogP contribution in [0.1, 0.15) is 16.7 Å². The zero-order chi connectivity index (χ0) is 14.9. The van der Waals surface area contributed by atoms with Crippen LogP contribution in [0.4, 0.5) is 0 Å². The normalized spacial score (nSPS) is 18.4. The molecule has 1 aliphatic heterocycles. The molecule has 112 valence electrons. The first-order valence-corrected chi connectivity index (χ1v) is 9.44. The fourth-order valence-corrected chi connectivity index (χ4v) is 5.35. The monoisotopic (exact) mass is 316 g/mol. The third-order valence-corrected chi connectivity index (χ3v) is 6.92. The van der Waals surface area contributed by atoms with E-state index in [1.54, 1.807) is 13.0 Å². The first-order chi connectivity index (χ1) is 9.36. The predicted molar refractivity (Wildman–Crippen MR) is 80.4 cm³/mol. The van der Waals surface area contributed by atoms with E-state index in [0.29, 0.717) is 36.0 Å². The highest BCUT2D eigenvalue weighted by Crippen LogP contribution is 2.24. The summed E-state index contributed by atoms with van der Waals surface area (Å²) in [6, 6.07) is 3.53. The molecule has 0 aliphatic carbocycles. The van der Waals surface area contributed by atoms with Crippen molar-refractivity contribution in [2.75, 3.05) is 24.6 Å². The Morgan fingerprint density at radius 1 is 1.20 bits per heavy atom. The third-order valence-electron chi connectivity index (χ3n) is 3.61. The van der Waals surface area contributed by atoms with Crippen LogP contribution >= 0.6 is 0 Å². The first kappa shape index (κ1) is 15.6. The lowest BCUT2D eigenvalue weighted by atomic mass is 10.1. The molecule has 1 saturated heterocycles. The highest BCUT2D eigenvalue weighted by Gasteiger charge is 2.29. The lowest BCUT2D eigenvalue weighted by Gasteiger charge is -2.26. The van der Waals surface area contributed by atoms with Crippen molar-refractivity contribution < 1.29 is 12.6 Å². The minimum absolute atomic E-state index is 0.316. The highest BCUT2D eigenvalue weighted by atomic mass is 32.2. The maximum Gasteiger partial charge on any atom is 0.243 e. The second-order valence-electron chi connectivity index (χ2n) is 5.00. The van der Waals surface area contributed by atoms with Crippen LogP contribution in [0.3, 0.4) is 0 Å². The number of sulfonamides is 1. The van der Waals surface area contributed by atoms with Gasteiger partial charge in [-0.15, -0.1) is 0 Å². The topological polar surface area (TPSA) is 80.5 Å². The van der Waals surface area contributed by atoms with Crippen LogP contribution in [-0.4, -0.2) is 41.5 Å². The Bertz CT molecular complexity index is 631. The number of rotatable bonds is 3. The van der Waals surface area contributed by atoms with E-state index in [9.17, 15) is 12.6 Å². The average molecular weight is 316 g/mol. The Hall–Kier alpha value is -0.760. The summed E-state index contributed by atoms with van der Waals surface area (Å²) >= 11 is 0. The first-order valence-electron chi connectivity index (χ1n) is 6.51. The SMILES string of the molecule is Cc1cc(C)c(S(=O)(=O)N2CCS(=O)CC2)cc1CN. The molecule has 1 aromatic rings. The van der Waals surface area contributed by atoms with Crippen LogP contribution in [0.5, 0.6) is 0 Å². The molecule has 1 aliphatic rings. The fourth-order valence-electron chi connectivity index (χ4n) is 2.37. The molecule has 2 rings (SSSR count). The van der Waals surface area contributed by atoms with Gasteiger partial charge < -0.3 is 5.73 Å². The molecule has 0 spiro atoms. The van der Waals surface area contributed by atoms with Crippen LogP contribution < -0.4 is 5.73 Å². The second kappa shape index (κ2) is 5.93. The number of hydrogen-bond donors (Lipinski definition) is 1. The number of nitrogens with zero attached hydrogens (tertiary/aromatic N) is 1. The largest absolute Gasteiger partial charge is 0.326 e. The van der Waals surface area contributed by atoms with Crippen molar-refractivity contribution in [1.29, 1.82) is 0 Å². The van der Waals surface area contributed by atoms with Crippen molar-refractivity contribution in [2.45, 2.75) is 25.3 Å². The lowest BCUT2D eigenvalue weighted by molar-refractivity contribution is 0.438. The van der Waals surface area contributed by atoms with Gasteiger partial charge in [0.15, 0.2) is 0 Å². The van der Waals surface area contributed by atoms with E-state index in [4.69, 9.17) is 5.73 Å². The molecule has 0 aromatic heterocycles. The molecule has 0 radical (unpaired) electrons. The molecule has 1 fully saturated rings. The Labute approximate surface area is 122 Å². The van der Waals surface area contributed by atoms with E-state index in [-0.39, 0.29) is 0 Å². The summed E-state index contributed by atoms with van der Waals surface area (Å²) in [5, 5.41) is 0. The Kier molecular flexibility index (Phi) is 4.63. The summed E-state index contributed by atoms with van der Waals surface area (Å²) in [6.07, 6.45) is 0. The average Bonchev–Trinajstić information content (AvgIpc) is 2.39. The Balaban J connectivity index is 2.41. The molecule has 0 atom stereocenters. The van der Waals surface area contributed by atoms with Crippen molar-refractivity contribution >= 4 is 20.8 Å². The van der Waals surface area contributed by atoms with Gasteiger partial charge in [0.25, 0.3) is 0 Å². The smallest absolute Gasteiger partial charge is 0.243 e. The van der Waals surface area contributed by atoms with Gasteiger partial charge in [-0.2, -0.15) is 4.31 Å². The van der Waals surface area contributed by atoms with Crippen molar-refractivity contribution in [2.24, 2.45) is 5.73 Å². The lowest BCUT2D eigenvalue weighted by Crippen LogP contribution is -2.42. The summed E-state index contributed by atoms with van der Waals surface area (Å²) in [6.45, 7) is 4.68. The maximum absolute atomic E-state index is 12.7. The molecule has 1 aromatic carbocycles. The van der Waals surface area contributed by atoms with Crippen molar-refractivity contribution in [1.82, 2.24) is 4.31 Å². The minimum Gasteiger partial charge on any atom is -0.326 e.